The highest BCUT2D eigenvalue weighted by Gasteiger charge is 2.37. The first-order valence-electron chi connectivity index (χ1n) is 7.46. The number of amides is 1. The molecular weight excluding hydrogens is 318 g/mol. The topological polar surface area (TPSA) is 37.3 Å². The molecule has 1 aromatic rings. The van der Waals surface area contributed by atoms with Gasteiger partial charge in [-0.1, -0.05) is 0 Å². The van der Waals surface area contributed by atoms with Crippen LogP contribution in [0.25, 0.3) is 0 Å². The molecule has 0 unspecified atom stereocenters. The maximum Gasteiger partial charge on any atom is 0.270 e. The van der Waals surface area contributed by atoms with E-state index in [0.717, 1.165) is 29.8 Å². The van der Waals surface area contributed by atoms with E-state index in [9.17, 15) is 4.79 Å². The summed E-state index contributed by atoms with van der Waals surface area (Å²) in [5.74, 6) is 0.805. The molecular formula is C15H22BrN3O. The number of carbonyl (C=O) groups excluding carboxylic acids is 1. The molecule has 0 radical (unpaired) electrons. The number of likely N-dealkylation sites (tertiary alicyclic amines) is 1. The van der Waals surface area contributed by atoms with Crippen molar-refractivity contribution in [2.24, 2.45) is 5.92 Å². The van der Waals surface area contributed by atoms with Crippen molar-refractivity contribution in [2.75, 3.05) is 19.6 Å². The Bertz CT molecular complexity index is 497. The van der Waals surface area contributed by atoms with Crippen molar-refractivity contribution < 1.29 is 4.79 Å². The lowest BCUT2D eigenvalue weighted by molar-refractivity contribution is 0.0773. The Kier molecular flexibility index (Phi) is 3.91. The lowest BCUT2D eigenvalue weighted by Crippen LogP contribution is -2.41. The van der Waals surface area contributed by atoms with Gasteiger partial charge < -0.3 is 14.8 Å². The highest BCUT2D eigenvalue weighted by atomic mass is 79.9. The monoisotopic (exact) mass is 339 g/mol. The molecule has 0 bridgehead atoms. The van der Waals surface area contributed by atoms with E-state index >= 15 is 0 Å². The van der Waals surface area contributed by atoms with Gasteiger partial charge >= 0.3 is 0 Å². The van der Waals surface area contributed by atoms with Crippen LogP contribution in [0.2, 0.25) is 0 Å². The molecule has 0 saturated carbocycles. The van der Waals surface area contributed by atoms with Crippen molar-refractivity contribution >= 4 is 21.8 Å². The van der Waals surface area contributed by atoms with Crippen LogP contribution < -0.4 is 5.32 Å². The van der Waals surface area contributed by atoms with Gasteiger partial charge in [0.25, 0.3) is 5.91 Å². The summed E-state index contributed by atoms with van der Waals surface area (Å²) in [7, 11) is 0. The molecule has 0 aliphatic carbocycles. The number of aromatic nitrogens is 1. The molecule has 4 nitrogen and oxygen atoms in total. The molecule has 3 rings (SSSR count). The first-order chi connectivity index (χ1) is 9.56. The molecule has 1 aromatic heterocycles. The van der Waals surface area contributed by atoms with E-state index in [4.69, 9.17) is 0 Å². The minimum Gasteiger partial charge on any atom is -0.340 e. The molecule has 110 valence electrons. The van der Waals surface area contributed by atoms with Gasteiger partial charge in [-0.15, -0.1) is 0 Å². The van der Waals surface area contributed by atoms with E-state index in [1.807, 2.05) is 17.2 Å². The first kappa shape index (κ1) is 14.1. The zero-order valence-electron chi connectivity index (χ0n) is 12.1. The van der Waals surface area contributed by atoms with Gasteiger partial charge in [0.05, 0.1) is 0 Å². The standard InChI is InChI=1S/C15H22BrN3O/c1-10(2)19-8-12(16)6-14(19)15(20)18-7-11-4-3-5-17-13(11)9-18/h6,8,10-11,13,17H,3-5,7,9H2,1-2H3/t11-,13+/m0/s1. The fourth-order valence-corrected chi connectivity index (χ4v) is 3.86. The van der Waals surface area contributed by atoms with Crippen LogP contribution in [0.1, 0.15) is 43.2 Å². The Morgan fingerprint density at radius 2 is 2.25 bits per heavy atom. The number of rotatable bonds is 2. The van der Waals surface area contributed by atoms with E-state index in [1.165, 1.54) is 12.8 Å². The number of nitrogens with zero attached hydrogens (tertiary/aromatic N) is 2. The summed E-state index contributed by atoms with van der Waals surface area (Å²) in [5, 5.41) is 3.55. The second-order valence-electron chi connectivity index (χ2n) is 6.22. The van der Waals surface area contributed by atoms with Gasteiger partial charge in [-0.3, -0.25) is 4.79 Å². The molecule has 0 spiro atoms. The smallest absolute Gasteiger partial charge is 0.270 e. The lowest BCUT2D eigenvalue weighted by atomic mass is 9.94. The van der Waals surface area contributed by atoms with Crippen molar-refractivity contribution in [1.29, 1.82) is 0 Å². The molecule has 2 aliphatic heterocycles. The lowest BCUT2D eigenvalue weighted by Gasteiger charge is -2.24. The summed E-state index contributed by atoms with van der Waals surface area (Å²) >= 11 is 3.49. The van der Waals surface area contributed by atoms with Crippen LogP contribution in [-0.4, -0.2) is 41.1 Å². The normalized spacial score (nSPS) is 26.1. The van der Waals surface area contributed by atoms with Gasteiger partial charge in [0, 0.05) is 35.8 Å². The van der Waals surface area contributed by atoms with Crippen molar-refractivity contribution in [3.8, 4) is 0 Å². The third-order valence-electron chi connectivity index (χ3n) is 4.48. The SMILES string of the molecule is CC(C)n1cc(Br)cc1C(=O)N1C[C@@H]2CCCN[C@@H]2C1. The summed E-state index contributed by atoms with van der Waals surface area (Å²) in [6.45, 7) is 7.06. The van der Waals surface area contributed by atoms with Gasteiger partial charge in [-0.05, 0) is 61.1 Å². The zero-order chi connectivity index (χ0) is 14.3. The maximum atomic E-state index is 12.8. The average Bonchev–Trinajstić information content (AvgIpc) is 3.01. The Morgan fingerprint density at radius 3 is 2.95 bits per heavy atom. The van der Waals surface area contributed by atoms with Crippen LogP contribution in [-0.2, 0) is 0 Å². The number of hydrogen-bond acceptors (Lipinski definition) is 2. The molecule has 5 heteroatoms. The Hall–Kier alpha value is -0.810. The Labute approximate surface area is 128 Å². The van der Waals surface area contributed by atoms with Gasteiger partial charge in [-0.25, -0.2) is 0 Å². The molecule has 2 atom stereocenters. The summed E-state index contributed by atoms with van der Waals surface area (Å²) in [4.78, 5) is 14.8. The highest BCUT2D eigenvalue weighted by molar-refractivity contribution is 9.10. The van der Waals surface area contributed by atoms with Gasteiger partial charge in [0.2, 0.25) is 0 Å². The van der Waals surface area contributed by atoms with E-state index in [0.29, 0.717) is 18.0 Å². The minimum absolute atomic E-state index is 0.167. The molecule has 1 N–H and O–H groups in total. The molecule has 1 amide bonds. The number of fused-ring (bicyclic) bond motifs is 1. The summed E-state index contributed by atoms with van der Waals surface area (Å²) in [6, 6.07) is 2.74. The van der Waals surface area contributed by atoms with Crippen molar-refractivity contribution in [1.82, 2.24) is 14.8 Å². The summed E-state index contributed by atoms with van der Waals surface area (Å²) in [5.41, 5.74) is 0.797. The predicted octanol–water partition coefficient (Wildman–Crippen LogP) is 2.66. The summed E-state index contributed by atoms with van der Waals surface area (Å²) < 4.78 is 3.03. The third kappa shape index (κ3) is 2.53. The van der Waals surface area contributed by atoms with Crippen LogP contribution in [0.5, 0.6) is 0 Å². The zero-order valence-corrected chi connectivity index (χ0v) is 13.7. The fraction of sp³-hybridized carbons (Fsp3) is 0.667. The predicted molar refractivity (Wildman–Crippen MR) is 82.9 cm³/mol. The Morgan fingerprint density at radius 1 is 1.45 bits per heavy atom. The second-order valence-corrected chi connectivity index (χ2v) is 7.13. The van der Waals surface area contributed by atoms with E-state index in [1.54, 1.807) is 0 Å². The largest absolute Gasteiger partial charge is 0.340 e. The first-order valence-corrected chi connectivity index (χ1v) is 8.25. The van der Waals surface area contributed by atoms with Crippen molar-refractivity contribution in [2.45, 2.75) is 38.8 Å². The van der Waals surface area contributed by atoms with Gasteiger partial charge in [0.1, 0.15) is 5.69 Å². The highest BCUT2D eigenvalue weighted by Crippen LogP contribution is 2.27. The summed E-state index contributed by atoms with van der Waals surface area (Å²) in [6.07, 6.45) is 4.48. The van der Waals surface area contributed by atoms with Crippen molar-refractivity contribution in [3.05, 3.63) is 22.4 Å². The van der Waals surface area contributed by atoms with Crippen LogP contribution in [0.15, 0.2) is 16.7 Å². The van der Waals surface area contributed by atoms with Crippen LogP contribution in [0.4, 0.5) is 0 Å². The number of carbonyl (C=O) groups is 1. The average molecular weight is 340 g/mol. The number of nitrogens with one attached hydrogen (secondary N) is 1. The van der Waals surface area contributed by atoms with Gasteiger partial charge in [-0.2, -0.15) is 0 Å². The third-order valence-corrected chi connectivity index (χ3v) is 4.91. The Balaban J connectivity index is 1.79. The van der Waals surface area contributed by atoms with Gasteiger partial charge in [0.15, 0.2) is 0 Å². The molecule has 2 aliphatic rings. The minimum atomic E-state index is 0.167. The van der Waals surface area contributed by atoms with Crippen LogP contribution in [0.3, 0.4) is 0 Å². The molecule has 2 saturated heterocycles. The second kappa shape index (κ2) is 5.53. The molecule has 2 fully saturated rings. The van der Waals surface area contributed by atoms with E-state index in [2.05, 4.69) is 39.7 Å². The van der Waals surface area contributed by atoms with Crippen LogP contribution in [0, 0.1) is 5.92 Å². The fourth-order valence-electron chi connectivity index (χ4n) is 3.42. The maximum absolute atomic E-state index is 12.8. The van der Waals surface area contributed by atoms with E-state index in [-0.39, 0.29) is 5.91 Å². The van der Waals surface area contributed by atoms with Crippen LogP contribution >= 0.6 is 15.9 Å². The molecule has 20 heavy (non-hydrogen) atoms. The quantitative estimate of drug-likeness (QED) is 0.899. The van der Waals surface area contributed by atoms with Crippen molar-refractivity contribution in [3.63, 3.8) is 0 Å². The number of hydrogen-bond donors (Lipinski definition) is 1. The number of piperidine rings is 1. The van der Waals surface area contributed by atoms with E-state index < -0.39 is 0 Å². The molecule has 0 aromatic carbocycles. The number of halogens is 1. The molecule has 3 heterocycles.